The predicted octanol–water partition coefficient (Wildman–Crippen LogP) is 3.06. The van der Waals surface area contributed by atoms with Crippen LogP contribution in [0.3, 0.4) is 0 Å². The van der Waals surface area contributed by atoms with Crippen LogP contribution in [0.4, 0.5) is 0 Å². The molecule has 0 saturated heterocycles. The lowest BCUT2D eigenvalue weighted by molar-refractivity contribution is -0.132. The van der Waals surface area contributed by atoms with Crippen LogP contribution in [0.5, 0.6) is 0 Å². The smallest absolute Gasteiger partial charge is 0.223 e. The van der Waals surface area contributed by atoms with Crippen LogP contribution in [-0.4, -0.2) is 29.2 Å². The zero-order valence-electron chi connectivity index (χ0n) is 9.77. The molecule has 2 nitrogen and oxygen atoms in total. The van der Waals surface area contributed by atoms with Crippen LogP contribution in [0.2, 0.25) is 0 Å². The maximum atomic E-state index is 11.8. The number of halogens is 1. The molecule has 0 radical (unpaired) electrons. The molecule has 0 saturated carbocycles. The van der Waals surface area contributed by atoms with Gasteiger partial charge in [0.05, 0.1) is 0 Å². The van der Waals surface area contributed by atoms with Crippen molar-refractivity contribution in [3.05, 3.63) is 0 Å². The molecule has 14 heavy (non-hydrogen) atoms. The Bertz CT molecular complexity index is 169. The summed E-state index contributed by atoms with van der Waals surface area (Å²) in [4.78, 5) is 13.8. The number of hydrogen-bond acceptors (Lipinski definition) is 1. The highest BCUT2D eigenvalue weighted by atomic mass is 79.9. The molecule has 1 amide bonds. The fourth-order valence-electron chi connectivity index (χ4n) is 1.30. The van der Waals surface area contributed by atoms with Crippen molar-refractivity contribution >= 4 is 21.8 Å². The summed E-state index contributed by atoms with van der Waals surface area (Å²) in [7, 11) is 0. The lowest BCUT2D eigenvalue weighted by Gasteiger charge is -2.25. The summed E-state index contributed by atoms with van der Waals surface area (Å²) < 4.78 is 0. The van der Waals surface area contributed by atoms with Crippen molar-refractivity contribution in [2.45, 2.75) is 40.5 Å². The first kappa shape index (κ1) is 13.9. The van der Waals surface area contributed by atoms with Gasteiger partial charge in [-0.25, -0.2) is 0 Å². The van der Waals surface area contributed by atoms with Crippen LogP contribution in [0, 0.1) is 5.41 Å². The minimum atomic E-state index is 0.0926. The molecule has 0 fully saturated rings. The van der Waals surface area contributed by atoms with E-state index in [4.69, 9.17) is 0 Å². The van der Waals surface area contributed by atoms with Gasteiger partial charge < -0.3 is 4.90 Å². The summed E-state index contributed by atoms with van der Waals surface area (Å²) >= 11 is 3.37. The molecule has 0 aromatic heterocycles. The Morgan fingerprint density at radius 3 is 2.21 bits per heavy atom. The van der Waals surface area contributed by atoms with E-state index in [1.807, 2.05) is 4.90 Å². The highest BCUT2D eigenvalue weighted by Gasteiger charge is 2.20. The summed E-state index contributed by atoms with van der Waals surface area (Å²) in [5, 5.41) is 0.864. The molecular weight excluding hydrogens is 242 g/mol. The topological polar surface area (TPSA) is 20.3 Å². The van der Waals surface area contributed by atoms with Crippen molar-refractivity contribution in [1.29, 1.82) is 0 Å². The van der Waals surface area contributed by atoms with Crippen molar-refractivity contribution in [2.24, 2.45) is 5.41 Å². The van der Waals surface area contributed by atoms with E-state index in [-0.39, 0.29) is 11.3 Å². The van der Waals surface area contributed by atoms with Gasteiger partial charge in [0, 0.05) is 24.8 Å². The first-order chi connectivity index (χ1) is 6.40. The number of carbonyl (C=O) groups excluding carboxylic acids is 1. The molecular formula is C11H22BrNO. The van der Waals surface area contributed by atoms with Crippen LogP contribution < -0.4 is 0 Å². The van der Waals surface area contributed by atoms with E-state index in [1.165, 1.54) is 0 Å². The Labute approximate surface area is 96.2 Å². The molecule has 0 aliphatic heterocycles. The molecule has 0 aromatic rings. The lowest BCUT2D eigenvalue weighted by Crippen LogP contribution is -2.35. The second kappa shape index (κ2) is 6.44. The molecule has 0 aliphatic rings. The van der Waals surface area contributed by atoms with Crippen LogP contribution in [0.25, 0.3) is 0 Å². The highest BCUT2D eigenvalue weighted by Crippen LogP contribution is 2.19. The normalized spacial score (nSPS) is 11.5. The molecule has 0 aliphatic carbocycles. The van der Waals surface area contributed by atoms with Gasteiger partial charge in [-0.1, -0.05) is 43.6 Å². The standard InChI is InChI=1S/C11H22BrNO/c1-5-7-13(8-6-12)10(14)9-11(2,3)4/h5-9H2,1-4H3. The minimum Gasteiger partial charge on any atom is -0.342 e. The molecule has 0 bridgehead atoms. The quantitative estimate of drug-likeness (QED) is 0.699. The zero-order chi connectivity index (χ0) is 11.2. The van der Waals surface area contributed by atoms with Gasteiger partial charge in [-0.15, -0.1) is 0 Å². The van der Waals surface area contributed by atoms with Gasteiger partial charge >= 0.3 is 0 Å². The Morgan fingerprint density at radius 1 is 1.29 bits per heavy atom. The van der Waals surface area contributed by atoms with Crippen molar-refractivity contribution in [1.82, 2.24) is 4.90 Å². The molecule has 0 spiro atoms. The first-order valence-corrected chi connectivity index (χ1v) is 6.36. The number of rotatable bonds is 5. The molecule has 0 unspecified atom stereocenters. The van der Waals surface area contributed by atoms with Crippen LogP contribution in [-0.2, 0) is 4.79 Å². The van der Waals surface area contributed by atoms with E-state index < -0.39 is 0 Å². The molecule has 84 valence electrons. The fraction of sp³-hybridized carbons (Fsp3) is 0.909. The van der Waals surface area contributed by atoms with E-state index in [0.717, 1.165) is 24.8 Å². The van der Waals surface area contributed by atoms with Gasteiger partial charge in [-0.2, -0.15) is 0 Å². The summed E-state index contributed by atoms with van der Waals surface area (Å²) in [6.07, 6.45) is 1.67. The van der Waals surface area contributed by atoms with Gasteiger partial charge in [-0.3, -0.25) is 4.79 Å². The Kier molecular flexibility index (Phi) is 6.41. The fourth-order valence-corrected chi connectivity index (χ4v) is 1.73. The van der Waals surface area contributed by atoms with E-state index in [1.54, 1.807) is 0 Å². The second-order valence-electron chi connectivity index (χ2n) is 4.81. The maximum Gasteiger partial charge on any atom is 0.223 e. The molecule has 3 heteroatoms. The van der Waals surface area contributed by atoms with Gasteiger partial charge in [0.1, 0.15) is 0 Å². The second-order valence-corrected chi connectivity index (χ2v) is 5.60. The van der Waals surface area contributed by atoms with E-state index >= 15 is 0 Å². The average molecular weight is 264 g/mol. The van der Waals surface area contributed by atoms with E-state index in [0.29, 0.717) is 6.42 Å². The summed E-state index contributed by atoms with van der Waals surface area (Å²) in [5.41, 5.74) is 0.0926. The molecule has 0 atom stereocenters. The third-order valence-electron chi connectivity index (χ3n) is 1.88. The average Bonchev–Trinajstić information content (AvgIpc) is 2.01. The van der Waals surface area contributed by atoms with E-state index in [9.17, 15) is 4.79 Å². The van der Waals surface area contributed by atoms with Gasteiger partial charge in [-0.05, 0) is 11.8 Å². The van der Waals surface area contributed by atoms with Crippen molar-refractivity contribution in [3.63, 3.8) is 0 Å². The molecule has 0 rings (SSSR count). The van der Waals surface area contributed by atoms with Gasteiger partial charge in [0.25, 0.3) is 0 Å². The largest absolute Gasteiger partial charge is 0.342 e. The Hall–Kier alpha value is -0.0500. The lowest BCUT2D eigenvalue weighted by atomic mass is 9.91. The van der Waals surface area contributed by atoms with Crippen LogP contribution >= 0.6 is 15.9 Å². The number of amides is 1. The summed E-state index contributed by atoms with van der Waals surface area (Å²) in [5.74, 6) is 0.277. The summed E-state index contributed by atoms with van der Waals surface area (Å²) in [6.45, 7) is 10.1. The monoisotopic (exact) mass is 263 g/mol. The Morgan fingerprint density at radius 2 is 1.86 bits per heavy atom. The number of carbonyl (C=O) groups is 1. The zero-order valence-corrected chi connectivity index (χ0v) is 11.4. The number of hydrogen-bond donors (Lipinski definition) is 0. The third kappa shape index (κ3) is 6.41. The SMILES string of the molecule is CCCN(CCBr)C(=O)CC(C)(C)C. The van der Waals surface area contributed by atoms with Crippen molar-refractivity contribution in [3.8, 4) is 0 Å². The van der Waals surface area contributed by atoms with E-state index in [2.05, 4.69) is 43.6 Å². The first-order valence-electron chi connectivity index (χ1n) is 5.24. The van der Waals surface area contributed by atoms with Crippen molar-refractivity contribution < 1.29 is 4.79 Å². The predicted molar refractivity (Wildman–Crippen MR) is 64.7 cm³/mol. The Balaban J connectivity index is 4.14. The number of nitrogens with zero attached hydrogens (tertiary/aromatic N) is 1. The maximum absolute atomic E-state index is 11.8. The third-order valence-corrected chi connectivity index (χ3v) is 2.24. The van der Waals surface area contributed by atoms with Crippen molar-refractivity contribution in [2.75, 3.05) is 18.4 Å². The molecule has 0 aromatic carbocycles. The molecule has 0 N–H and O–H groups in total. The molecule has 0 heterocycles. The highest BCUT2D eigenvalue weighted by molar-refractivity contribution is 9.09. The van der Waals surface area contributed by atoms with Crippen LogP contribution in [0.1, 0.15) is 40.5 Å². The summed E-state index contributed by atoms with van der Waals surface area (Å²) in [6, 6.07) is 0. The van der Waals surface area contributed by atoms with Gasteiger partial charge in [0.2, 0.25) is 5.91 Å². The minimum absolute atomic E-state index is 0.0926. The van der Waals surface area contributed by atoms with Gasteiger partial charge in [0.15, 0.2) is 0 Å². The number of alkyl halides is 1. The van der Waals surface area contributed by atoms with Crippen LogP contribution in [0.15, 0.2) is 0 Å².